The standard InChI is InChI=1S/C11H19N3O2S/c1-7(2)9-10(17-14-13-9)11(16)12-6-4-5-8(3)15/h7-8,15H,4-6H2,1-3H3,(H,12,16). The Morgan fingerprint density at radius 3 is 2.76 bits per heavy atom. The number of nitrogens with zero attached hydrogens (tertiary/aromatic N) is 2. The number of hydrogen-bond donors (Lipinski definition) is 2. The highest BCUT2D eigenvalue weighted by atomic mass is 32.1. The van der Waals surface area contributed by atoms with E-state index < -0.39 is 0 Å². The first-order valence-corrected chi connectivity index (χ1v) is 6.58. The van der Waals surface area contributed by atoms with E-state index in [2.05, 4.69) is 14.9 Å². The number of nitrogens with one attached hydrogen (secondary N) is 1. The molecule has 0 aliphatic carbocycles. The first kappa shape index (κ1) is 14.1. The first-order chi connectivity index (χ1) is 8.02. The maximum absolute atomic E-state index is 11.8. The monoisotopic (exact) mass is 257 g/mol. The molecule has 1 heterocycles. The number of amides is 1. The number of aliphatic hydroxyl groups excluding tert-OH is 1. The number of carbonyl (C=O) groups excluding carboxylic acids is 1. The molecular formula is C11H19N3O2S. The van der Waals surface area contributed by atoms with Crippen molar-refractivity contribution in [3.8, 4) is 0 Å². The van der Waals surface area contributed by atoms with Crippen molar-refractivity contribution >= 4 is 17.4 Å². The van der Waals surface area contributed by atoms with Gasteiger partial charge in [-0.1, -0.05) is 18.3 Å². The van der Waals surface area contributed by atoms with Gasteiger partial charge in [0.25, 0.3) is 5.91 Å². The molecule has 1 aromatic heterocycles. The molecule has 0 saturated carbocycles. The third-order valence-corrected chi connectivity index (χ3v) is 3.09. The normalized spacial score (nSPS) is 12.8. The molecule has 1 amide bonds. The number of aliphatic hydroxyl groups is 1. The summed E-state index contributed by atoms with van der Waals surface area (Å²) in [7, 11) is 0. The molecule has 0 fully saturated rings. The van der Waals surface area contributed by atoms with E-state index in [-0.39, 0.29) is 17.9 Å². The summed E-state index contributed by atoms with van der Waals surface area (Å²) in [4.78, 5) is 12.4. The van der Waals surface area contributed by atoms with Crippen molar-refractivity contribution in [2.24, 2.45) is 0 Å². The summed E-state index contributed by atoms with van der Waals surface area (Å²) in [5.41, 5.74) is 0.753. The van der Waals surface area contributed by atoms with Gasteiger partial charge in [-0.25, -0.2) is 0 Å². The van der Waals surface area contributed by atoms with E-state index >= 15 is 0 Å². The smallest absolute Gasteiger partial charge is 0.264 e. The maximum Gasteiger partial charge on any atom is 0.264 e. The molecule has 5 nitrogen and oxygen atoms in total. The SMILES string of the molecule is CC(O)CCCNC(=O)c1snnc1C(C)C. The van der Waals surface area contributed by atoms with Gasteiger partial charge < -0.3 is 10.4 Å². The molecule has 0 aliphatic rings. The van der Waals surface area contributed by atoms with E-state index in [0.29, 0.717) is 17.8 Å². The molecule has 17 heavy (non-hydrogen) atoms. The highest BCUT2D eigenvalue weighted by molar-refractivity contribution is 7.08. The Bertz CT molecular complexity index is 363. The van der Waals surface area contributed by atoms with Gasteiger partial charge in [0.2, 0.25) is 0 Å². The number of aromatic nitrogens is 2. The minimum Gasteiger partial charge on any atom is -0.393 e. The van der Waals surface area contributed by atoms with Gasteiger partial charge in [0.05, 0.1) is 11.8 Å². The van der Waals surface area contributed by atoms with Gasteiger partial charge in [0.15, 0.2) is 0 Å². The van der Waals surface area contributed by atoms with Crippen LogP contribution in [-0.4, -0.2) is 33.2 Å². The van der Waals surface area contributed by atoms with E-state index in [4.69, 9.17) is 5.11 Å². The van der Waals surface area contributed by atoms with Crippen LogP contribution in [0, 0.1) is 0 Å². The van der Waals surface area contributed by atoms with Crippen LogP contribution in [0.4, 0.5) is 0 Å². The predicted molar refractivity (Wildman–Crippen MR) is 67.2 cm³/mol. The Morgan fingerprint density at radius 2 is 2.18 bits per heavy atom. The van der Waals surface area contributed by atoms with Gasteiger partial charge in [-0.15, -0.1) is 5.10 Å². The lowest BCUT2D eigenvalue weighted by Gasteiger charge is -2.07. The topological polar surface area (TPSA) is 75.1 Å². The van der Waals surface area contributed by atoms with E-state index in [1.54, 1.807) is 6.92 Å². The fourth-order valence-electron chi connectivity index (χ4n) is 1.41. The molecule has 2 N–H and O–H groups in total. The Hall–Kier alpha value is -1.01. The molecule has 6 heteroatoms. The van der Waals surface area contributed by atoms with Crippen LogP contribution in [0.25, 0.3) is 0 Å². The fraction of sp³-hybridized carbons (Fsp3) is 0.727. The molecule has 1 aromatic rings. The number of hydrogen-bond acceptors (Lipinski definition) is 5. The zero-order valence-electron chi connectivity index (χ0n) is 10.4. The van der Waals surface area contributed by atoms with Crippen LogP contribution < -0.4 is 5.32 Å². The molecule has 0 aromatic carbocycles. The zero-order chi connectivity index (χ0) is 12.8. The van der Waals surface area contributed by atoms with E-state index in [1.165, 1.54) is 0 Å². The van der Waals surface area contributed by atoms with Crippen molar-refractivity contribution in [3.05, 3.63) is 10.6 Å². The highest BCUT2D eigenvalue weighted by Crippen LogP contribution is 2.19. The van der Waals surface area contributed by atoms with Crippen molar-refractivity contribution in [1.29, 1.82) is 0 Å². The van der Waals surface area contributed by atoms with Crippen LogP contribution >= 0.6 is 11.5 Å². The van der Waals surface area contributed by atoms with Crippen LogP contribution in [0.5, 0.6) is 0 Å². The molecule has 0 bridgehead atoms. The lowest BCUT2D eigenvalue weighted by atomic mass is 10.1. The largest absolute Gasteiger partial charge is 0.393 e. The lowest BCUT2D eigenvalue weighted by molar-refractivity contribution is 0.0952. The summed E-state index contributed by atoms with van der Waals surface area (Å²) in [5.74, 6) is 0.0845. The molecule has 96 valence electrons. The van der Waals surface area contributed by atoms with Crippen LogP contribution in [0.15, 0.2) is 0 Å². The quantitative estimate of drug-likeness (QED) is 0.758. The first-order valence-electron chi connectivity index (χ1n) is 5.81. The molecule has 1 atom stereocenters. The molecule has 1 rings (SSSR count). The Balaban J connectivity index is 2.44. The summed E-state index contributed by atoms with van der Waals surface area (Å²) in [6.07, 6.45) is 1.15. The zero-order valence-corrected chi connectivity index (χ0v) is 11.3. The highest BCUT2D eigenvalue weighted by Gasteiger charge is 2.17. The van der Waals surface area contributed by atoms with Crippen LogP contribution in [-0.2, 0) is 0 Å². The third kappa shape index (κ3) is 4.40. The van der Waals surface area contributed by atoms with Crippen molar-refractivity contribution in [1.82, 2.24) is 14.9 Å². The third-order valence-electron chi connectivity index (χ3n) is 2.35. The molecule has 0 aliphatic heterocycles. The van der Waals surface area contributed by atoms with Gasteiger partial charge in [-0.05, 0) is 37.2 Å². The number of carbonyl (C=O) groups is 1. The Morgan fingerprint density at radius 1 is 1.47 bits per heavy atom. The second-order valence-corrected chi connectivity index (χ2v) is 5.14. The Labute approximate surface area is 105 Å². The van der Waals surface area contributed by atoms with E-state index in [9.17, 15) is 4.79 Å². The van der Waals surface area contributed by atoms with Gasteiger partial charge in [-0.2, -0.15) is 0 Å². The molecule has 0 saturated heterocycles. The van der Waals surface area contributed by atoms with Crippen molar-refractivity contribution in [3.63, 3.8) is 0 Å². The summed E-state index contributed by atoms with van der Waals surface area (Å²) in [6.45, 7) is 6.28. The van der Waals surface area contributed by atoms with Crippen LogP contribution in [0.1, 0.15) is 54.9 Å². The van der Waals surface area contributed by atoms with Crippen LogP contribution in [0.3, 0.4) is 0 Å². The Kier molecular flexibility index (Phi) is 5.50. The molecular weight excluding hydrogens is 238 g/mol. The minimum absolute atomic E-state index is 0.116. The molecule has 0 radical (unpaired) electrons. The summed E-state index contributed by atoms with van der Waals surface area (Å²) < 4.78 is 3.81. The van der Waals surface area contributed by atoms with Crippen molar-refractivity contribution < 1.29 is 9.90 Å². The van der Waals surface area contributed by atoms with Crippen molar-refractivity contribution in [2.75, 3.05) is 6.54 Å². The van der Waals surface area contributed by atoms with Gasteiger partial charge in [0.1, 0.15) is 4.88 Å². The summed E-state index contributed by atoms with van der Waals surface area (Å²) in [5, 5.41) is 15.9. The summed E-state index contributed by atoms with van der Waals surface area (Å²) in [6, 6.07) is 0. The lowest BCUT2D eigenvalue weighted by Crippen LogP contribution is -2.25. The molecule has 0 spiro atoms. The average molecular weight is 257 g/mol. The van der Waals surface area contributed by atoms with Gasteiger partial charge in [0, 0.05) is 6.54 Å². The average Bonchev–Trinajstić information content (AvgIpc) is 2.72. The van der Waals surface area contributed by atoms with Gasteiger partial charge >= 0.3 is 0 Å². The maximum atomic E-state index is 11.8. The van der Waals surface area contributed by atoms with Crippen LogP contribution in [0.2, 0.25) is 0 Å². The second-order valence-electron chi connectivity index (χ2n) is 4.39. The predicted octanol–water partition coefficient (Wildman–Crippen LogP) is 1.55. The minimum atomic E-state index is -0.316. The van der Waals surface area contributed by atoms with E-state index in [1.807, 2.05) is 13.8 Å². The molecule has 1 unspecified atom stereocenters. The van der Waals surface area contributed by atoms with E-state index in [0.717, 1.165) is 23.6 Å². The number of rotatable bonds is 6. The summed E-state index contributed by atoms with van der Waals surface area (Å²) >= 11 is 1.13. The van der Waals surface area contributed by atoms with Gasteiger partial charge in [-0.3, -0.25) is 4.79 Å². The fourth-order valence-corrected chi connectivity index (χ4v) is 2.15. The van der Waals surface area contributed by atoms with Crippen molar-refractivity contribution in [2.45, 2.75) is 45.6 Å². The second kappa shape index (κ2) is 6.66.